The molecule has 1 heterocycles. The zero-order valence-corrected chi connectivity index (χ0v) is 12.4. The van der Waals surface area contributed by atoms with Crippen LogP contribution in [0, 0.1) is 20.8 Å². The van der Waals surface area contributed by atoms with Crippen molar-refractivity contribution in [3.8, 4) is 0 Å². The number of nitrogens with one attached hydrogen (secondary N) is 2. The molecule has 1 aromatic carbocycles. The van der Waals surface area contributed by atoms with Crippen LogP contribution in [-0.2, 0) is 11.2 Å². The summed E-state index contributed by atoms with van der Waals surface area (Å²) in [6.07, 6.45) is 1.42. The highest BCUT2D eigenvalue weighted by molar-refractivity contribution is 5.38. The smallest absolute Gasteiger partial charge is 0.0824 e. The first-order valence-electron chi connectivity index (χ1n) is 7.27. The lowest BCUT2D eigenvalue weighted by Gasteiger charge is -2.24. The van der Waals surface area contributed by atoms with Crippen molar-refractivity contribution in [1.29, 1.82) is 0 Å². The first-order chi connectivity index (χ1) is 9.18. The van der Waals surface area contributed by atoms with Crippen LogP contribution < -0.4 is 10.6 Å². The fourth-order valence-corrected chi connectivity index (χ4v) is 2.52. The molecule has 0 saturated carbocycles. The monoisotopic (exact) mass is 262 g/mol. The summed E-state index contributed by atoms with van der Waals surface area (Å²) in [6.45, 7) is 11.4. The molecule has 106 valence electrons. The largest absolute Gasteiger partial charge is 0.374 e. The Hall–Kier alpha value is -0.900. The minimum atomic E-state index is 0.328. The van der Waals surface area contributed by atoms with Crippen LogP contribution in [0.15, 0.2) is 12.1 Å². The van der Waals surface area contributed by atoms with Crippen LogP contribution in [0.25, 0.3) is 0 Å². The maximum absolute atomic E-state index is 5.66. The summed E-state index contributed by atoms with van der Waals surface area (Å²) in [4.78, 5) is 0. The van der Waals surface area contributed by atoms with E-state index in [4.69, 9.17) is 4.74 Å². The van der Waals surface area contributed by atoms with Gasteiger partial charge in [-0.2, -0.15) is 0 Å². The summed E-state index contributed by atoms with van der Waals surface area (Å²) < 4.78 is 5.66. The van der Waals surface area contributed by atoms with Crippen molar-refractivity contribution in [3.63, 3.8) is 0 Å². The van der Waals surface area contributed by atoms with Gasteiger partial charge in [0.25, 0.3) is 0 Å². The van der Waals surface area contributed by atoms with Crippen molar-refractivity contribution in [3.05, 3.63) is 34.4 Å². The van der Waals surface area contributed by atoms with E-state index in [1.165, 1.54) is 22.3 Å². The third-order valence-corrected chi connectivity index (χ3v) is 4.12. The average Bonchev–Trinajstić information content (AvgIpc) is 2.44. The molecular weight excluding hydrogens is 236 g/mol. The minimum Gasteiger partial charge on any atom is -0.374 e. The van der Waals surface area contributed by atoms with Crippen molar-refractivity contribution in [2.75, 3.05) is 32.8 Å². The Morgan fingerprint density at radius 3 is 2.84 bits per heavy atom. The molecule has 0 radical (unpaired) electrons. The first-order valence-corrected chi connectivity index (χ1v) is 7.27. The van der Waals surface area contributed by atoms with Crippen LogP contribution in [0.5, 0.6) is 0 Å². The summed E-state index contributed by atoms with van der Waals surface area (Å²) in [7, 11) is 0. The van der Waals surface area contributed by atoms with E-state index < -0.39 is 0 Å². The number of hydrogen-bond acceptors (Lipinski definition) is 3. The molecule has 1 aliphatic rings. The van der Waals surface area contributed by atoms with E-state index >= 15 is 0 Å². The van der Waals surface area contributed by atoms with Crippen LogP contribution in [0.3, 0.4) is 0 Å². The summed E-state index contributed by atoms with van der Waals surface area (Å²) in [6, 6.07) is 4.49. The maximum Gasteiger partial charge on any atom is 0.0824 e. The number of hydrogen-bond donors (Lipinski definition) is 2. The molecule has 0 bridgehead atoms. The van der Waals surface area contributed by atoms with Gasteiger partial charge in [0, 0.05) is 19.6 Å². The maximum atomic E-state index is 5.66. The molecule has 1 saturated heterocycles. The van der Waals surface area contributed by atoms with E-state index in [2.05, 4.69) is 43.5 Å². The van der Waals surface area contributed by atoms with E-state index in [1.54, 1.807) is 0 Å². The Bertz CT molecular complexity index is 411. The predicted molar refractivity (Wildman–Crippen MR) is 79.8 cm³/mol. The zero-order valence-electron chi connectivity index (χ0n) is 12.4. The van der Waals surface area contributed by atoms with E-state index in [1.807, 2.05) is 0 Å². The second kappa shape index (κ2) is 7.04. The van der Waals surface area contributed by atoms with Gasteiger partial charge >= 0.3 is 0 Å². The normalized spacial score (nSPS) is 19.6. The second-order valence-electron chi connectivity index (χ2n) is 5.44. The van der Waals surface area contributed by atoms with Gasteiger partial charge in [-0.15, -0.1) is 0 Å². The highest BCUT2D eigenvalue weighted by atomic mass is 16.5. The minimum absolute atomic E-state index is 0.328. The average molecular weight is 262 g/mol. The lowest BCUT2D eigenvalue weighted by Crippen LogP contribution is -2.44. The van der Waals surface area contributed by atoms with Gasteiger partial charge in [-0.1, -0.05) is 12.1 Å². The Kier molecular flexibility index (Phi) is 5.37. The fourth-order valence-electron chi connectivity index (χ4n) is 2.52. The zero-order chi connectivity index (χ0) is 13.7. The molecule has 3 heteroatoms. The molecule has 1 aliphatic heterocycles. The Morgan fingerprint density at radius 1 is 1.26 bits per heavy atom. The Labute approximate surface area is 116 Å². The molecule has 1 aromatic rings. The third-order valence-electron chi connectivity index (χ3n) is 4.12. The van der Waals surface area contributed by atoms with Gasteiger partial charge in [0.15, 0.2) is 0 Å². The molecule has 3 nitrogen and oxygen atoms in total. The van der Waals surface area contributed by atoms with Crippen LogP contribution in [-0.4, -0.2) is 38.9 Å². The van der Waals surface area contributed by atoms with Crippen molar-refractivity contribution < 1.29 is 4.74 Å². The van der Waals surface area contributed by atoms with Gasteiger partial charge in [0.05, 0.1) is 12.7 Å². The Balaban J connectivity index is 1.75. The fraction of sp³-hybridized carbons (Fsp3) is 0.625. The second-order valence-corrected chi connectivity index (χ2v) is 5.44. The molecule has 0 aliphatic carbocycles. The molecule has 2 rings (SSSR count). The molecule has 0 amide bonds. The number of morpholine rings is 1. The van der Waals surface area contributed by atoms with Crippen LogP contribution in [0.2, 0.25) is 0 Å². The van der Waals surface area contributed by atoms with Gasteiger partial charge in [-0.25, -0.2) is 0 Å². The molecule has 1 fully saturated rings. The van der Waals surface area contributed by atoms with E-state index in [-0.39, 0.29) is 0 Å². The third kappa shape index (κ3) is 4.03. The quantitative estimate of drug-likeness (QED) is 0.793. The van der Waals surface area contributed by atoms with Crippen LogP contribution in [0.1, 0.15) is 22.3 Å². The Morgan fingerprint density at radius 2 is 2.11 bits per heavy atom. The first kappa shape index (κ1) is 14.5. The number of benzene rings is 1. The van der Waals surface area contributed by atoms with Crippen molar-refractivity contribution >= 4 is 0 Å². The van der Waals surface area contributed by atoms with E-state index in [9.17, 15) is 0 Å². The number of aryl methyl sites for hydroxylation is 1. The van der Waals surface area contributed by atoms with Crippen molar-refractivity contribution in [1.82, 2.24) is 10.6 Å². The summed E-state index contributed by atoms with van der Waals surface area (Å²) in [5.74, 6) is 0. The van der Waals surface area contributed by atoms with Gasteiger partial charge in [0.1, 0.15) is 0 Å². The standard InChI is InChI=1S/C16H26N2O/c1-12-4-5-15(14(3)13(12)2)6-7-17-10-16-11-18-8-9-19-16/h4-5,16-18H,6-11H2,1-3H3. The highest BCUT2D eigenvalue weighted by Crippen LogP contribution is 2.17. The van der Waals surface area contributed by atoms with E-state index in [0.717, 1.165) is 39.2 Å². The highest BCUT2D eigenvalue weighted by Gasteiger charge is 2.12. The van der Waals surface area contributed by atoms with Crippen molar-refractivity contribution in [2.24, 2.45) is 0 Å². The SMILES string of the molecule is Cc1ccc(CCNCC2CNCCO2)c(C)c1C. The van der Waals surface area contributed by atoms with Crippen LogP contribution in [0.4, 0.5) is 0 Å². The molecule has 1 atom stereocenters. The predicted octanol–water partition coefficient (Wildman–Crippen LogP) is 1.73. The lowest BCUT2D eigenvalue weighted by atomic mass is 9.97. The van der Waals surface area contributed by atoms with Gasteiger partial charge in [-0.05, 0) is 56.0 Å². The molecule has 19 heavy (non-hydrogen) atoms. The summed E-state index contributed by atoms with van der Waals surface area (Å²) in [5, 5.41) is 6.85. The lowest BCUT2D eigenvalue weighted by molar-refractivity contribution is 0.0294. The molecule has 0 aromatic heterocycles. The number of rotatable bonds is 5. The molecule has 2 N–H and O–H groups in total. The molecule has 0 spiro atoms. The van der Waals surface area contributed by atoms with Crippen molar-refractivity contribution in [2.45, 2.75) is 33.3 Å². The van der Waals surface area contributed by atoms with E-state index in [0.29, 0.717) is 6.10 Å². The van der Waals surface area contributed by atoms with Gasteiger partial charge in [-0.3, -0.25) is 0 Å². The summed E-state index contributed by atoms with van der Waals surface area (Å²) >= 11 is 0. The number of ether oxygens (including phenoxy) is 1. The molecular formula is C16H26N2O. The summed E-state index contributed by atoms with van der Waals surface area (Å²) in [5.41, 5.74) is 5.71. The van der Waals surface area contributed by atoms with Crippen LogP contribution >= 0.6 is 0 Å². The van der Waals surface area contributed by atoms with Gasteiger partial charge in [0.2, 0.25) is 0 Å². The topological polar surface area (TPSA) is 33.3 Å². The van der Waals surface area contributed by atoms with Gasteiger partial charge < -0.3 is 15.4 Å². The molecule has 1 unspecified atom stereocenters.